The van der Waals surface area contributed by atoms with Gasteiger partial charge in [0.05, 0.1) is 28.4 Å². The normalized spacial score (nSPS) is 24.1. The van der Waals surface area contributed by atoms with Crippen LogP contribution in [-0.2, 0) is 25.1 Å². The lowest BCUT2D eigenvalue weighted by molar-refractivity contribution is -0.226. The Morgan fingerprint density at radius 1 is 1.06 bits per heavy atom. The highest BCUT2D eigenvalue weighted by atomic mass is 32.2. The molecule has 4 aromatic rings. The van der Waals surface area contributed by atoms with Gasteiger partial charge in [0.25, 0.3) is 10.0 Å². The largest absolute Gasteiger partial charge is 0.460 e. The molecular formula is C25H26N4O4S. The highest BCUT2D eigenvalue weighted by Crippen LogP contribution is 2.72. The molecule has 0 spiro atoms. The van der Waals surface area contributed by atoms with E-state index in [0.717, 1.165) is 16.5 Å². The molecule has 34 heavy (non-hydrogen) atoms. The van der Waals surface area contributed by atoms with Crippen molar-refractivity contribution in [3.63, 3.8) is 0 Å². The maximum absolute atomic E-state index is 13.3. The van der Waals surface area contributed by atoms with Gasteiger partial charge in [-0.1, -0.05) is 17.7 Å². The number of rotatable bonds is 4. The van der Waals surface area contributed by atoms with Crippen LogP contribution in [-0.4, -0.2) is 38.5 Å². The van der Waals surface area contributed by atoms with Crippen LogP contribution in [0.15, 0.2) is 53.9 Å². The van der Waals surface area contributed by atoms with Gasteiger partial charge in [0.2, 0.25) is 0 Å². The zero-order valence-electron chi connectivity index (χ0n) is 19.6. The second-order valence-electron chi connectivity index (χ2n) is 10.8. The maximum atomic E-state index is 13.3. The minimum absolute atomic E-state index is 0.131. The van der Waals surface area contributed by atoms with Crippen molar-refractivity contribution < 1.29 is 17.9 Å². The first kappa shape index (κ1) is 21.3. The lowest BCUT2D eigenvalue weighted by Gasteiger charge is -2.69. The molecule has 0 saturated heterocycles. The molecule has 7 rings (SSSR count). The van der Waals surface area contributed by atoms with Gasteiger partial charge in [0.1, 0.15) is 11.1 Å². The summed E-state index contributed by atoms with van der Waals surface area (Å²) in [5, 5.41) is 0.724. The fourth-order valence-corrected chi connectivity index (χ4v) is 6.84. The first-order valence-corrected chi connectivity index (χ1v) is 12.8. The average molecular weight is 479 g/mol. The number of esters is 1. The molecule has 0 unspecified atom stereocenters. The van der Waals surface area contributed by atoms with Crippen LogP contribution >= 0.6 is 0 Å². The number of ether oxygens (including phenoxy) is 1. The fraction of sp³-hybridized carbons (Fsp3) is 0.400. The van der Waals surface area contributed by atoms with Crippen molar-refractivity contribution in [2.45, 2.75) is 63.0 Å². The molecule has 0 aliphatic heterocycles. The smallest absolute Gasteiger partial charge is 0.312 e. The van der Waals surface area contributed by atoms with Crippen LogP contribution < -0.4 is 0 Å². The van der Waals surface area contributed by atoms with Gasteiger partial charge < -0.3 is 9.30 Å². The number of fused-ring (bicyclic) bond motifs is 3. The Hall–Kier alpha value is -3.20. The van der Waals surface area contributed by atoms with E-state index in [0.29, 0.717) is 30.4 Å². The topological polar surface area (TPSA) is 96.1 Å². The highest BCUT2D eigenvalue weighted by Gasteiger charge is 2.74. The first-order chi connectivity index (χ1) is 15.9. The minimum Gasteiger partial charge on any atom is -0.460 e. The quantitative estimate of drug-likeness (QED) is 0.409. The zero-order valence-corrected chi connectivity index (χ0v) is 20.4. The van der Waals surface area contributed by atoms with E-state index in [9.17, 15) is 13.2 Å². The molecule has 0 radical (unpaired) electrons. The Balaban J connectivity index is 1.39. The van der Waals surface area contributed by atoms with Crippen molar-refractivity contribution in [2.24, 2.45) is 5.41 Å². The van der Waals surface area contributed by atoms with Crippen molar-refractivity contribution in [1.29, 1.82) is 0 Å². The van der Waals surface area contributed by atoms with E-state index < -0.39 is 21.0 Å². The maximum Gasteiger partial charge on any atom is 0.312 e. The molecule has 3 aliphatic rings. The van der Waals surface area contributed by atoms with Crippen LogP contribution in [0.3, 0.4) is 0 Å². The van der Waals surface area contributed by atoms with Crippen molar-refractivity contribution in [3.05, 3.63) is 54.6 Å². The molecule has 3 heterocycles. The molecule has 3 aromatic heterocycles. The third-order valence-electron chi connectivity index (χ3n) is 7.11. The number of nitrogens with zero attached hydrogens (tertiary/aromatic N) is 4. The summed E-state index contributed by atoms with van der Waals surface area (Å²) in [5.74, 6) is -0.131. The second kappa shape index (κ2) is 6.47. The van der Waals surface area contributed by atoms with Crippen molar-refractivity contribution >= 4 is 38.1 Å². The van der Waals surface area contributed by atoms with Gasteiger partial charge in [-0.25, -0.2) is 22.4 Å². The van der Waals surface area contributed by atoms with Crippen molar-refractivity contribution in [2.75, 3.05) is 0 Å². The zero-order chi connectivity index (χ0) is 24.1. The number of imidazole rings is 1. The Labute approximate surface area is 197 Å². The highest BCUT2D eigenvalue weighted by molar-refractivity contribution is 7.90. The van der Waals surface area contributed by atoms with Crippen molar-refractivity contribution in [1.82, 2.24) is 18.5 Å². The number of hydrogen-bond donors (Lipinski definition) is 0. The Kier molecular flexibility index (Phi) is 4.06. The molecule has 0 N–H and O–H groups in total. The van der Waals surface area contributed by atoms with Gasteiger partial charge in [0.15, 0.2) is 5.65 Å². The molecule has 0 amide bonds. The van der Waals surface area contributed by atoms with E-state index in [1.165, 1.54) is 3.97 Å². The van der Waals surface area contributed by atoms with Crippen LogP contribution in [0.2, 0.25) is 0 Å². The number of pyridine rings is 1. The Morgan fingerprint density at radius 3 is 2.38 bits per heavy atom. The number of hydrogen-bond acceptors (Lipinski definition) is 6. The third kappa shape index (κ3) is 2.82. The molecular weight excluding hydrogens is 452 g/mol. The van der Waals surface area contributed by atoms with E-state index in [-0.39, 0.29) is 16.4 Å². The average Bonchev–Trinajstić information content (AvgIpc) is 3.29. The summed E-state index contributed by atoms with van der Waals surface area (Å²) in [6, 6.07) is 8.56. The third-order valence-corrected chi connectivity index (χ3v) is 8.79. The molecule has 0 atom stereocenters. The molecule has 2 bridgehead atoms. The molecule has 3 saturated carbocycles. The predicted molar refractivity (Wildman–Crippen MR) is 127 cm³/mol. The lowest BCUT2D eigenvalue weighted by atomic mass is 9.39. The molecule has 3 aliphatic carbocycles. The number of aryl methyl sites for hydroxylation is 1. The van der Waals surface area contributed by atoms with Crippen LogP contribution in [0.4, 0.5) is 0 Å². The van der Waals surface area contributed by atoms with Crippen LogP contribution in [0.5, 0.6) is 0 Å². The standard InChI is InChI=1S/C25H26N4O4S/c1-16-5-7-17(8-6-16)34(31,32)29-10-9-18-20-19(11-26-21(18)29)27-15-28(20)25-12-24(13-25,14-25)22(30)33-23(2,3)4/h5-11,15H,12-14H2,1-4H3. The fourth-order valence-electron chi connectivity index (χ4n) is 5.53. The van der Waals surface area contributed by atoms with E-state index >= 15 is 0 Å². The SMILES string of the molecule is Cc1ccc(S(=O)(=O)n2ccc3c4c(cnc32)ncn4C23CC(C(=O)OC(C)(C)C)(C2)C3)cc1. The number of aromatic nitrogens is 4. The monoisotopic (exact) mass is 478 g/mol. The minimum atomic E-state index is -3.80. The van der Waals surface area contributed by atoms with Gasteiger partial charge in [-0.15, -0.1) is 0 Å². The van der Waals surface area contributed by atoms with Gasteiger partial charge in [-0.3, -0.25) is 4.79 Å². The number of benzene rings is 1. The van der Waals surface area contributed by atoms with E-state index in [1.54, 1.807) is 49.1 Å². The summed E-state index contributed by atoms with van der Waals surface area (Å²) in [7, 11) is -3.80. The summed E-state index contributed by atoms with van der Waals surface area (Å²) in [6.45, 7) is 7.57. The number of carbonyl (C=O) groups excluding carboxylic acids is 1. The predicted octanol–water partition coefficient (Wildman–Crippen LogP) is 4.15. The Bertz CT molecular complexity index is 1570. The summed E-state index contributed by atoms with van der Waals surface area (Å²) in [6.07, 6.45) is 7.06. The van der Waals surface area contributed by atoms with Crippen LogP contribution in [0.1, 0.15) is 45.6 Å². The van der Waals surface area contributed by atoms with Crippen LogP contribution in [0.25, 0.3) is 22.1 Å². The van der Waals surface area contributed by atoms with Gasteiger partial charge in [-0.05, 0) is 65.2 Å². The van der Waals surface area contributed by atoms with Gasteiger partial charge in [0, 0.05) is 17.1 Å². The van der Waals surface area contributed by atoms with Gasteiger partial charge in [-0.2, -0.15) is 0 Å². The summed E-state index contributed by atoms with van der Waals surface area (Å²) < 4.78 is 35.7. The van der Waals surface area contributed by atoms with Crippen LogP contribution in [0, 0.1) is 12.3 Å². The molecule has 3 fully saturated rings. The van der Waals surface area contributed by atoms with Gasteiger partial charge >= 0.3 is 5.97 Å². The second-order valence-corrected chi connectivity index (χ2v) is 12.6. The van der Waals surface area contributed by atoms with E-state index in [2.05, 4.69) is 14.5 Å². The number of carbonyl (C=O) groups is 1. The van der Waals surface area contributed by atoms with E-state index in [4.69, 9.17) is 4.74 Å². The lowest BCUT2D eigenvalue weighted by Crippen LogP contribution is -2.71. The summed E-state index contributed by atoms with van der Waals surface area (Å²) in [5.41, 5.74) is 1.78. The molecule has 8 nitrogen and oxygen atoms in total. The van der Waals surface area contributed by atoms with Crippen molar-refractivity contribution in [3.8, 4) is 0 Å². The molecule has 9 heteroatoms. The molecule has 1 aromatic carbocycles. The molecule has 176 valence electrons. The Morgan fingerprint density at radius 2 is 1.74 bits per heavy atom. The summed E-state index contributed by atoms with van der Waals surface area (Å²) in [4.78, 5) is 21.9. The first-order valence-electron chi connectivity index (χ1n) is 11.3. The summed E-state index contributed by atoms with van der Waals surface area (Å²) >= 11 is 0. The van der Waals surface area contributed by atoms with E-state index in [1.807, 2.05) is 27.7 Å².